The lowest BCUT2D eigenvalue weighted by Gasteiger charge is -2.26. The third kappa shape index (κ3) is 5.28. The van der Waals surface area contributed by atoms with Crippen molar-refractivity contribution in [1.29, 1.82) is 5.26 Å². The fraction of sp³-hybridized carbons (Fsp3) is 0.588. The van der Waals surface area contributed by atoms with Crippen LogP contribution in [0.25, 0.3) is 0 Å². The molecule has 1 atom stereocenters. The molecule has 0 aliphatic heterocycles. The van der Waals surface area contributed by atoms with E-state index in [1.54, 1.807) is 14.2 Å². The van der Waals surface area contributed by atoms with Crippen LogP contribution in [0, 0.1) is 16.7 Å². The second-order valence-electron chi connectivity index (χ2n) is 6.04. The van der Waals surface area contributed by atoms with Gasteiger partial charge in [-0.3, -0.25) is 0 Å². The maximum Gasteiger partial charge on any atom is 0.161 e. The summed E-state index contributed by atoms with van der Waals surface area (Å²) in [6.07, 6.45) is 1.49. The van der Waals surface area contributed by atoms with Gasteiger partial charge in [-0.15, -0.1) is 0 Å². The summed E-state index contributed by atoms with van der Waals surface area (Å²) in [4.78, 5) is 0. The van der Waals surface area contributed by atoms with E-state index in [-0.39, 0.29) is 11.5 Å². The molecule has 0 fully saturated rings. The number of rotatable bonds is 8. The van der Waals surface area contributed by atoms with Gasteiger partial charge in [0.1, 0.15) is 0 Å². The predicted molar refractivity (Wildman–Crippen MR) is 84.6 cm³/mol. The van der Waals surface area contributed by atoms with E-state index in [0.717, 1.165) is 30.0 Å². The predicted octanol–water partition coefficient (Wildman–Crippen LogP) is 3.68. The Morgan fingerprint density at radius 3 is 2.48 bits per heavy atom. The number of hydrogen-bond donors (Lipinski definition) is 1. The average Bonchev–Trinajstić information content (AvgIpc) is 2.50. The van der Waals surface area contributed by atoms with Gasteiger partial charge >= 0.3 is 0 Å². The van der Waals surface area contributed by atoms with E-state index in [0.29, 0.717) is 6.42 Å². The number of nitrogens with one attached hydrogen (secondary N) is 1. The molecule has 21 heavy (non-hydrogen) atoms. The van der Waals surface area contributed by atoms with Crippen molar-refractivity contribution in [2.45, 2.75) is 39.7 Å². The molecule has 1 rings (SSSR count). The quantitative estimate of drug-likeness (QED) is 0.793. The van der Waals surface area contributed by atoms with Crippen molar-refractivity contribution in [2.24, 2.45) is 5.41 Å². The lowest BCUT2D eigenvalue weighted by atomic mass is 9.87. The van der Waals surface area contributed by atoms with Crippen LogP contribution in [0.1, 0.15) is 45.2 Å². The normalized spacial score (nSPS) is 12.6. The van der Waals surface area contributed by atoms with Crippen molar-refractivity contribution >= 4 is 0 Å². The highest BCUT2D eigenvalue weighted by Crippen LogP contribution is 2.30. The van der Waals surface area contributed by atoms with Crippen LogP contribution in [-0.4, -0.2) is 20.8 Å². The Labute approximate surface area is 128 Å². The molecule has 1 unspecified atom stereocenters. The molecule has 1 aromatic carbocycles. The first kappa shape index (κ1) is 17.3. The summed E-state index contributed by atoms with van der Waals surface area (Å²) < 4.78 is 10.6. The number of ether oxygens (including phenoxy) is 2. The van der Waals surface area contributed by atoms with Crippen LogP contribution in [0.5, 0.6) is 11.5 Å². The molecule has 0 radical (unpaired) electrons. The summed E-state index contributed by atoms with van der Waals surface area (Å²) in [5.74, 6) is 1.48. The van der Waals surface area contributed by atoms with Crippen LogP contribution in [0.3, 0.4) is 0 Å². The van der Waals surface area contributed by atoms with Crippen LogP contribution in [0.4, 0.5) is 0 Å². The molecule has 4 heteroatoms. The summed E-state index contributed by atoms with van der Waals surface area (Å²) in [6.45, 7) is 7.35. The summed E-state index contributed by atoms with van der Waals surface area (Å²) in [5.41, 5.74) is 1.27. The Hall–Kier alpha value is -1.73. The fourth-order valence-electron chi connectivity index (χ4n) is 2.15. The number of methoxy groups -OCH3 is 2. The lowest BCUT2D eigenvalue weighted by Crippen LogP contribution is -2.31. The molecule has 116 valence electrons. The van der Waals surface area contributed by atoms with Crippen molar-refractivity contribution in [3.63, 3.8) is 0 Å². The van der Waals surface area contributed by atoms with Gasteiger partial charge in [0.25, 0.3) is 0 Å². The maximum absolute atomic E-state index is 8.70. The van der Waals surface area contributed by atoms with Crippen molar-refractivity contribution in [1.82, 2.24) is 5.32 Å². The molecular weight excluding hydrogens is 264 g/mol. The van der Waals surface area contributed by atoms with Gasteiger partial charge in [-0.1, -0.05) is 19.9 Å². The van der Waals surface area contributed by atoms with Crippen molar-refractivity contribution in [2.75, 3.05) is 20.8 Å². The van der Waals surface area contributed by atoms with E-state index in [2.05, 4.69) is 32.2 Å². The molecule has 0 heterocycles. The molecule has 0 aliphatic carbocycles. The van der Waals surface area contributed by atoms with E-state index < -0.39 is 0 Å². The largest absolute Gasteiger partial charge is 0.493 e. The molecule has 0 aliphatic rings. The molecule has 1 aromatic rings. The second kappa shape index (κ2) is 7.90. The maximum atomic E-state index is 8.70. The zero-order chi connectivity index (χ0) is 15.9. The smallest absolute Gasteiger partial charge is 0.161 e. The van der Waals surface area contributed by atoms with Gasteiger partial charge in [0.2, 0.25) is 0 Å². The highest BCUT2D eigenvalue weighted by Gasteiger charge is 2.19. The highest BCUT2D eigenvalue weighted by atomic mass is 16.5. The summed E-state index contributed by atoms with van der Waals surface area (Å²) in [5, 5.41) is 12.2. The zero-order valence-electron chi connectivity index (χ0n) is 13.7. The molecule has 0 aromatic heterocycles. The van der Waals surface area contributed by atoms with Crippen LogP contribution >= 0.6 is 0 Å². The van der Waals surface area contributed by atoms with E-state index in [1.807, 2.05) is 18.2 Å². The van der Waals surface area contributed by atoms with Gasteiger partial charge < -0.3 is 14.8 Å². The molecule has 0 amide bonds. The number of benzene rings is 1. The highest BCUT2D eigenvalue weighted by molar-refractivity contribution is 5.43. The fourth-order valence-corrected chi connectivity index (χ4v) is 2.15. The first-order valence-corrected chi connectivity index (χ1v) is 7.26. The Bertz CT molecular complexity index is 492. The van der Waals surface area contributed by atoms with E-state index in [4.69, 9.17) is 14.7 Å². The van der Waals surface area contributed by atoms with Gasteiger partial charge in [-0.05, 0) is 36.5 Å². The third-order valence-electron chi connectivity index (χ3n) is 3.71. The van der Waals surface area contributed by atoms with Gasteiger partial charge in [-0.2, -0.15) is 5.26 Å². The van der Waals surface area contributed by atoms with Gasteiger partial charge in [0.15, 0.2) is 11.5 Å². The first-order valence-electron chi connectivity index (χ1n) is 7.26. The summed E-state index contributed by atoms with van der Waals surface area (Å²) in [6, 6.07) is 8.39. The monoisotopic (exact) mass is 290 g/mol. The number of nitrogens with zero attached hydrogens (tertiary/aromatic N) is 1. The third-order valence-corrected chi connectivity index (χ3v) is 3.71. The van der Waals surface area contributed by atoms with Gasteiger partial charge in [-0.25, -0.2) is 0 Å². The van der Waals surface area contributed by atoms with Crippen LogP contribution in [-0.2, 0) is 0 Å². The topological polar surface area (TPSA) is 54.3 Å². The molecule has 4 nitrogen and oxygen atoms in total. The Balaban J connectivity index is 2.67. The Morgan fingerprint density at radius 2 is 1.90 bits per heavy atom. The lowest BCUT2D eigenvalue weighted by molar-refractivity contribution is 0.304. The van der Waals surface area contributed by atoms with Crippen molar-refractivity contribution in [3.8, 4) is 17.6 Å². The van der Waals surface area contributed by atoms with Gasteiger partial charge in [0, 0.05) is 19.0 Å². The molecule has 0 saturated carbocycles. The van der Waals surface area contributed by atoms with Crippen LogP contribution in [0.15, 0.2) is 18.2 Å². The molecule has 0 bridgehead atoms. The summed E-state index contributed by atoms with van der Waals surface area (Å²) >= 11 is 0. The van der Waals surface area contributed by atoms with E-state index in [9.17, 15) is 0 Å². The van der Waals surface area contributed by atoms with E-state index in [1.165, 1.54) is 0 Å². The molecular formula is C17H26N2O2. The average molecular weight is 290 g/mol. The zero-order valence-corrected chi connectivity index (χ0v) is 13.7. The minimum Gasteiger partial charge on any atom is -0.493 e. The first-order chi connectivity index (χ1) is 9.93. The molecule has 0 spiro atoms. The van der Waals surface area contributed by atoms with Crippen LogP contribution in [0.2, 0.25) is 0 Å². The Kier molecular flexibility index (Phi) is 6.51. The number of hydrogen-bond acceptors (Lipinski definition) is 4. The SMILES string of the molecule is COc1ccc(C(C)NCC(C)(C)CCC#N)cc1OC. The number of nitriles is 1. The second-order valence-corrected chi connectivity index (χ2v) is 6.04. The van der Waals surface area contributed by atoms with Crippen molar-refractivity contribution < 1.29 is 9.47 Å². The van der Waals surface area contributed by atoms with Crippen molar-refractivity contribution in [3.05, 3.63) is 23.8 Å². The molecule has 0 saturated heterocycles. The van der Waals surface area contributed by atoms with Crippen LogP contribution < -0.4 is 14.8 Å². The van der Waals surface area contributed by atoms with Gasteiger partial charge in [0.05, 0.1) is 20.3 Å². The van der Waals surface area contributed by atoms with E-state index >= 15 is 0 Å². The standard InChI is InChI=1S/C17H26N2O2/c1-13(19-12-17(2,3)9-6-10-18)14-7-8-15(20-4)16(11-14)21-5/h7-8,11,13,19H,6,9,12H2,1-5H3. The minimum atomic E-state index is 0.112. The molecule has 1 N–H and O–H groups in total. The Morgan fingerprint density at radius 1 is 1.24 bits per heavy atom. The summed E-state index contributed by atoms with van der Waals surface area (Å²) in [7, 11) is 3.28. The minimum absolute atomic E-state index is 0.112.